The number of anilines is 2. The minimum Gasteiger partial charge on any atom is -0.462 e. The van der Waals surface area contributed by atoms with Gasteiger partial charge in [0.05, 0.1) is 29.1 Å². The van der Waals surface area contributed by atoms with Gasteiger partial charge in [0.15, 0.2) is 0 Å². The molecule has 0 aliphatic heterocycles. The lowest BCUT2D eigenvalue weighted by atomic mass is 9.48. The number of carbonyl (C=O) groups excluding carboxylic acids is 2. The zero-order valence-corrected chi connectivity index (χ0v) is 22.8. The van der Waals surface area contributed by atoms with E-state index in [9.17, 15) is 18.0 Å². The van der Waals surface area contributed by atoms with E-state index in [0.717, 1.165) is 28.3 Å². The highest BCUT2D eigenvalue weighted by Crippen LogP contribution is 2.60. The van der Waals surface area contributed by atoms with Crippen LogP contribution in [0.2, 0.25) is 5.02 Å². The average Bonchev–Trinajstić information content (AvgIpc) is 2.81. The molecule has 4 fully saturated rings. The molecule has 2 aromatic carbocycles. The number of halogens is 1. The van der Waals surface area contributed by atoms with Gasteiger partial charge in [0.1, 0.15) is 6.54 Å². The quantitative estimate of drug-likeness (QED) is 0.450. The Morgan fingerprint density at radius 3 is 2.14 bits per heavy atom. The van der Waals surface area contributed by atoms with Gasteiger partial charge in [-0.25, -0.2) is 13.2 Å². The predicted molar refractivity (Wildman–Crippen MR) is 145 cm³/mol. The molecule has 4 aliphatic carbocycles. The number of sulfonamides is 1. The van der Waals surface area contributed by atoms with Crippen LogP contribution < -0.4 is 9.62 Å². The third-order valence-electron chi connectivity index (χ3n) is 8.24. The molecule has 0 heterocycles. The van der Waals surface area contributed by atoms with Crippen molar-refractivity contribution in [2.24, 2.45) is 17.8 Å². The maximum absolute atomic E-state index is 12.8. The van der Waals surface area contributed by atoms with Crippen LogP contribution in [0.4, 0.5) is 11.4 Å². The third-order valence-corrected chi connectivity index (χ3v) is 9.69. The minimum atomic E-state index is -3.71. The smallest absolute Gasteiger partial charge is 0.339 e. The van der Waals surface area contributed by atoms with Crippen molar-refractivity contribution >= 4 is 44.9 Å². The number of benzene rings is 2. The molecule has 1 amide bonds. The summed E-state index contributed by atoms with van der Waals surface area (Å²) in [6.07, 6.45) is 8.88. The number of ether oxygens (including phenoxy) is 1. The number of nitrogens with zero attached hydrogens (tertiary/aromatic N) is 1. The van der Waals surface area contributed by atoms with Crippen LogP contribution in [0.15, 0.2) is 42.5 Å². The number of esters is 1. The highest BCUT2D eigenvalue weighted by Gasteiger charge is 2.51. The summed E-state index contributed by atoms with van der Waals surface area (Å²) in [5.74, 6) is 1.40. The van der Waals surface area contributed by atoms with E-state index >= 15 is 0 Å². The molecule has 2 aromatic rings. The van der Waals surface area contributed by atoms with Crippen LogP contribution in [0.25, 0.3) is 0 Å². The number of nitrogens with one attached hydrogen (secondary N) is 1. The summed E-state index contributed by atoms with van der Waals surface area (Å²) in [5.41, 5.74) is 2.52. The van der Waals surface area contributed by atoms with E-state index in [1.165, 1.54) is 62.3 Å². The normalized spacial score (nSPS) is 26.1. The SMILES string of the molecule is CCOC(=O)c1ccc(NC(=O)CN(c2ccc(C34CC5CC(CC(C5)C3)C4)cc2)S(C)(=O)=O)cc1Cl. The molecule has 7 nitrogen and oxygen atoms in total. The van der Waals surface area contributed by atoms with Crippen molar-refractivity contribution in [3.8, 4) is 0 Å². The molecule has 37 heavy (non-hydrogen) atoms. The Bertz CT molecular complexity index is 1270. The van der Waals surface area contributed by atoms with Gasteiger partial charge < -0.3 is 10.1 Å². The molecule has 0 atom stereocenters. The van der Waals surface area contributed by atoms with Crippen molar-refractivity contribution in [3.05, 3.63) is 58.6 Å². The molecule has 198 valence electrons. The number of amides is 1. The lowest BCUT2D eigenvalue weighted by Crippen LogP contribution is -2.48. The summed E-state index contributed by atoms with van der Waals surface area (Å²) in [6.45, 7) is 1.54. The van der Waals surface area contributed by atoms with Crippen LogP contribution in [0.5, 0.6) is 0 Å². The molecule has 0 spiro atoms. The summed E-state index contributed by atoms with van der Waals surface area (Å²) in [4.78, 5) is 24.8. The molecule has 0 aromatic heterocycles. The fourth-order valence-electron chi connectivity index (χ4n) is 7.14. The Balaban J connectivity index is 1.30. The first-order valence-corrected chi connectivity index (χ1v) is 15.1. The molecule has 4 bridgehead atoms. The van der Waals surface area contributed by atoms with Gasteiger partial charge in [0, 0.05) is 5.69 Å². The second-order valence-corrected chi connectivity index (χ2v) is 13.3. The third kappa shape index (κ3) is 5.36. The fourth-order valence-corrected chi connectivity index (χ4v) is 8.26. The Morgan fingerprint density at radius 2 is 1.62 bits per heavy atom. The highest BCUT2D eigenvalue weighted by molar-refractivity contribution is 7.92. The van der Waals surface area contributed by atoms with E-state index in [4.69, 9.17) is 16.3 Å². The van der Waals surface area contributed by atoms with E-state index < -0.39 is 21.9 Å². The van der Waals surface area contributed by atoms with Crippen molar-refractivity contribution in [1.82, 2.24) is 0 Å². The Kier molecular flexibility index (Phi) is 7.00. The molecule has 6 rings (SSSR count). The summed E-state index contributed by atoms with van der Waals surface area (Å²) in [7, 11) is -3.71. The lowest BCUT2D eigenvalue weighted by molar-refractivity contribution is -0.114. The second-order valence-electron chi connectivity index (χ2n) is 11.0. The Morgan fingerprint density at radius 1 is 1.03 bits per heavy atom. The molecule has 0 radical (unpaired) electrons. The van der Waals surface area contributed by atoms with Crippen molar-refractivity contribution < 1.29 is 22.7 Å². The van der Waals surface area contributed by atoms with Crippen LogP contribution in [0.3, 0.4) is 0 Å². The van der Waals surface area contributed by atoms with E-state index in [0.29, 0.717) is 11.4 Å². The predicted octanol–water partition coefficient (Wildman–Crippen LogP) is 5.39. The molecule has 0 unspecified atom stereocenters. The highest BCUT2D eigenvalue weighted by atomic mass is 35.5. The molecule has 4 saturated carbocycles. The molecule has 0 saturated heterocycles. The van der Waals surface area contributed by atoms with Crippen LogP contribution in [0, 0.1) is 17.8 Å². The summed E-state index contributed by atoms with van der Waals surface area (Å²) < 4.78 is 31.3. The van der Waals surface area contributed by atoms with E-state index in [2.05, 4.69) is 17.4 Å². The number of hydrogen-bond acceptors (Lipinski definition) is 5. The first-order valence-electron chi connectivity index (χ1n) is 12.9. The van der Waals surface area contributed by atoms with Gasteiger partial charge in [-0.3, -0.25) is 9.10 Å². The van der Waals surface area contributed by atoms with Gasteiger partial charge in [-0.1, -0.05) is 23.7 Å². The topological polar surface area (TPSA) is 92.8 Å². The largest absolute Gasteiger partial charge is 0.462 e. The van der Waals surface area contributed by atoms with Gasteiger partial charge in [-0.15, -0.1) is 0 Å². The monoisotopic (exact) mass is 544 g/mol. The van der Waals surface area contributed by atoms with Gasteiger partial charge in [-0.05, 0) is 105 Å². The fraction of sp³-hybridized carbons (Fsp3) is 0.500. The van der Waals surface area contributed by atoms with Crippen LogP contribution in [-0.4, -0.2) is 39.7 Å². The number of carbonyl (C=O) groups is 2. The zero-order valence-electron chi connectivity index (χ0n) is 21.2. The van der Waals surface area contributed by atoms with E-state index in [-0.39, 0.29) is 29.2 Å². The van der Waals surface area contributed by atoms with Crippen molar-refractivity contribution in [2.75, 3.05) is 29.0 Å². The molecule has 4 aliphatic rings. The van der Waals surface area contributed by atoms with Gasteiger partial charge in [0.25, 0.3) is 0 Å². The zero-order chi connectivity index (χ0) is 26.4. The molecule has 9 heteroatoms. The van der Waals surface area contributed by atoms with E-state index in [1.807, 2.05) is 12.1 Å². The van der Waals surface area contributed by atoms with Crippen LogP contribution in [-0.2, 0) is 25.0 Å². The molecule has 1 N–H and O–H groups in total. The van der Waals surface area contributed by atoms with Crippen LogP contribution >= 0.6 is 11.6 Å². The maximum Gasteiger partial charge on any atom is 0.339 e. The lowest BCUT2D eigenvalue weighted by Gasteiger charge is -2.57. The number of rotatable bonds is 8. The Hall–Kier alpha value is -2.58. The van der Waals surface area contributed by atoms with Gasteiger partial charge in [0.2, 0.25) is 15.9 Å². The first-order chi connectivity index (χ1) is 17.6. The van der Waals surface area contributed by atoms with Crippen LogP contribution in [0.1, 0.15) is 61.4 Å². The molecular formula is C28H33ClN2O5S. The van der Waals surface area contributed by atoms with Crippen molar-refractivity contribution in [3.63, 3.8) is 0 Å². The first kappa shape index (κ1) is 26.0. The Labute approximate surface area is 223 Å². The number of hydrogen-bond donors (Lipinski definition) is 1. The summed E-state index contributed by atoms with van der Waals surface area (Å²) >= 11 is 6.19. The summed E-state index contributed by atoms with van der Waals surface area (Å²) in [5, 5.41) is 2.81. The van der Waals surface area contributed by atoms with Gasteiger partial charge >= 0.3 is 5.97 Å². The average molecular weight is 545 g/mol. The van der Waals surface area contributed by atoms with Crippen molar-refractivity contribution in [2.45, 2.75) is 50.9 Å². The maximum atomic E-state index is 12.8. The molecular weight excluding hydrogens is 512 g/mol. The minimum absolute atomic E-state index is 0.136. The summed E-state index contributed by atoms with van der Waals surface area (Å²) in [6, 6.07) is 12.2. The van der Waals surface area contributed by atoms with E-state index in [1.54, 1.807) is 6.92 Å². The standard InChI is InChI=1S/C28H33ClN2O5S/c1-3-36-27(33)24-9-6-22(13-25(24)29)30-26(32)17-31(37(2,34)35)23-7-4-21(5-8-23)28-14-18-10-19(15-28)12-20(11-18)16-28/h4-9,13,18-20H,3,10-12,14-17H2,1-2H3,(H,30,32). The van der Waals surface area contributed by atoms with Crippen molar-refractivity contribution in [1.29, 1.82) is 0 Å². The second kappa shape index (κ2) is 9.95. The van der Waals surface area contributed by atoms with Gasteiger partial charge in [-0.2, -0.15) is 0 Å².